The predicted molar refractivity (Wildman–Crippen MR) is 86.7 cm³/mol. The molecule has 0 aromatic carbocycles. The van der Waals surface area contributed by atoms with Crippen LogP contribution in [0.5, 0.6) is 0 Å². The van der Waals surface area contributed by atoms with Crippen LogP contribution >= 0.6 is 23.1 Å². The van der Waals surface area contributed by atoms with E-state index in [1.54, 1.807) is 30.8 Å². The van der Waals surface area contributed by atoms with E-state index in [0.29, 0.717) is 18.1 Å². The van der Waals surface area contributed by atoms with Crippen LogP contribution in [-0.4, -0.2) is 50.1 Å². The zero-order valence-electron chi connectivity index (χ0n) is 13.2. The molecule has 0 spiro atoms. The molecule has 1 amide bonds. The number of carbonyl (C=O) groups is 1. The zero-order chi connectivity index (χ0) is 16.1. The van der Waals surface area contributed by atoms with Crippen LogP contribution in [0.1, 0.15) is 24.5 Å². The second-order valence-corrected chi connectivity index (χ2v) is 7.41. The van der Waals surface area contributed by atoms with Gasteiger partial charge in [0.05, 0.1) is 12.1 Å². The van der Waals surface area contributed by atoms with Gasteiger partial charge in [-0.15, -0.1) is 16.4 Å². The second-order valence-electron chi connectivity index (χ2n) is 5.52. The number of nitrogens with zero attached hydrogens (tertiary/aromatic N) is 6. The molecule has 0 fully saturated rings. The van der Waals surface area contributed by atoms with Crippen LogP contribution < -0.4 is 0 Å². The summed E-state index contributed by atoms with van der Waals surface area (Å²) in [7, 11) is 3.50. The number of hydrogen-bond acceptors (Lipinski definition) is 7. The lowest BCUT2D eigenvalue weighted by atomic mass is 10.2. The molecule has 0 bridgehead atoms. The van der Waals surface area contributed by atoms with E-state index < -0.39 is 0 Å². The van der Waals surface area contributed by atoms with E-state index in [1.807, 2.05) is 10.1 Å². The first kappa shape index (κ1) is 16.9. The summed E-state index contributed by atoms with van der Waals surface area (Å²) in [5.74, 6) is 1.26. The number of rotatable bonds is 7. The van der Waals surface area contributed by atoms with Crippen LogP contribution in [0.3, 0.4) is 0 Å². The summed E-state index contributed by atoms with van der Waals surface area (Å²) in [6.07, 6.45) is 0.355. The Morgan fingerprint density at radius 3 is 2.91 bits per heavy atom. The summed E-state index contributed by atoms with van der Waals surface area (Å²) in [5, 5.41) is 15.4. The lowest BCUT2D eigenvalue weighted by Crippen LogP contribution is -2.23. The lowest BCUT2D eigenvalue weighted by molar-refractivity contribution is -0.127. The van der Waals surface area contributed by atoms with Crippen molar-refractivity contribution in [2.75, 3.05) is 14.1 Å². The van der Waals surface area contributed by atoms with Crippen LogP contribution in [0.25, 0.3) is 0 Å². The molecule has 0 saturated heterocycles. The van der Waals surface area contributed by atoms with E-state index >= 15 is 0 Å². The minimum Gasteiger partial charge on any atom is -0.348 e. The van der Waals surface area contributed by atoms with E-state index in [4.69, 9.17) is 0 Å². The maximum Gasteiger partial charge on any atom is 0.228 e. The van der Waals surface area contributed by atoms with Gasteiger partial charge < -0.3 is 4.90 Å². The highest BCUT2D eigenvalue weighted by molar-refractivity contribution is 7.98. The number of amides is 1. The number of thiazole rings is 1. The molecule has 120 valence electrons. The molecule has 0 atom stereocenters. The Hall–Kier alpha value is -1.48. The van der Waals surface area contributed by atoms with E-state index in [0.717, 1.165) is 22.4 Å². The monoisotopic (exact) mass is 340 g/mol. The Labute approximate surface area is 138 Å². The Bertz CT molecular complexity index is 622. The summed E-state index contributed by atoms with van der Waals surface area (Å²) in [4.78, 5) is 17.7. The van der Waals surface area contributed by atoms with Crippen LogP contribution in [0.4, 0.5) is 0 Å². The summed E-state index contributed by atoms with van der Waals surface area (Å²) in [6.45, 7) is 5.06. The van der Waals surface area contributed by atoms with Gasteiger partial charge in [-0.25, -0.2) is 9.67 Å². The average molecular weight is 340 g/mol. The smallest absolute Gasteiger partial charge is 0.228 e. The van der Waals surface area contributed by atoms with Gasteiger partial charge in [0.2, 0.25) is 11.1 Å². The molecule has 7 nitrogen and oxygen atoms in total. The van der Waals surface area contributed by atoms with Crippen LogP contribution in [0.15, 0.2) is 10.5 Å². The fraction of sp³-hybridized carbons (Fsp3) is 0.615. The average Bonchev–Trinajstić information content (AvgIpc) is 3.05. The molecule has 2 rings (SSSR count). The Morgan fingerprint density at radius 1 is 1.45 bits per heavy atom. The molecular weight excluding hydrogens is 320 g/mol. The van der Waals surface area contributed by atoms with E-state index in [-0.39, 0.29) is 5.91 Å². The van der Waals surface area contributed by atoms with Gasteiger partial charge in [-0.05, 0) is 16.3 Å². The molecule has 2 aromatic heterocycles. The minimum absolute atomic E-state index is 0.0643. The molecule has 0 aliphatic heterocycles. The van der Waals surface area contributed by atoms with Crippen molar-refractivity contribution in [2.24, 2.45) is 5.92 Å². The van der Waals surface area contributed by atoms with Gasteiger partial charge in [-0.2, -0.15) is 0 Å². The second kappa shape index (κ2) is 7.68. The number of hydrogen-bond donors (Lipinski definition) is 0. The lowest BCUT2D eigenvalue weighted by Gasteiger charge is -2.07. The van der Waals surface area contributed by atoms with E-state index in [2.05, 4.69) is 34.4 Å². The maximum atomic E-state index is 11.7. The highest BCUT2D eigenvalue weighted by Crippen LogP contribution is 2.22. The maximum absolute atomic E-state index is 11.7. The van der Waals surface area contributed by atoms with Crippen LogP contribution in [0, 0.1) is 5.92 Å². The number of tetrazole rings is 1. The number of aromatic nitrogens is 5. The van der Waals surface area contributed by atoms with Gasteiger partial charge in [0.15, 0.2) is 0 Å². The Morgan fingerprint density at radius 2 is 2.23 bits per heavy atom. The Balaban J connectivity index is 1.91. The number of carbonyl (C=O) groups excluding carboxylic acids is 1. The van der Waals surface area contributed by atoms with Crippen LogP contribution in [-0.2, 0) is 23.5 Å². The van der Waals surface area contributed by atoms with Crippen molar-refractivity contribution < 1.29 is 4.79 Å². The van der Waals surface area contributed by atoms with Crippen molar-refractivity contribution in [3.05, 3.63) is 16.1 Å². The minimum atomic E-state index is 0.0643. The molecule has 9 heteroatoms. The van der Waals surface area contributed by atoms with E-state index in [1.165, 1.54) is 11.3 Å². The molecule has 0 saturated carbocycles. The van der Waals surface area contributed by atoms with Gasteiger partial charge in [0, 0.05) is 31.8 Å². The topological polar surface area (TPSA) is 76.8 Å². The first-order chi connectivity index (χ1) is 10.5. The SMILES string of the molecule is CC(C)Cn1nnnc1SCc1csc(CC(=O)N(C)C)n1. The van der Waals surface area contributed by atoms with Crippen molar-refractivity contribution in [1.29, 1.82) is 0 Å². The predicted octanol–water partition coefficient (Wildman–Crippen LogP) is 1.71. The molecule has 2 heterocycles. The van der Waals surface area contributed by atoms with Crippen molar-refractivity contribution in [2.45, 2.75) is 37.7 Å². The third-order valence-corrected chi connectivity index (χ3v) is 4.68. The fourth-order valence-corrected chi connectivity index (χ4v) is 3.35. The number of likely N-dealkylation sites (N-methyl/N-ethyl adjacent to an activating group) is 1. The Kier molecular flexibility index (Phi) is 5.90. The molecule has 2 aromatic rings. The van der Waals surface area contributed by atoms with Crippen molar-refractivity contribution in [3.63, 3.8) is 0 Å². The van der Waals surface area contributed by atoms with Gasteiger partial charge in [0.25, 0.3) is 0 Å². The van der Waals surface area contributed by atoms with Crippen molar-refractivity contribution >= 4 is 29.0 Å². The first-order valence-electron chi connectivity index (χ1n) is 6.98. The molecule has 0 radical (unpaired) electrons. The molecule has 0 aliphatic carbocycles. The standard InChI is InChI=1S/C13H20N6OS2/c1-9(2)6-19-13(15-16-17-19)22-8-10-7-21-11(14-10)5-12(20)18(3)4/h7,9H,5-6,8H2,1-4H3. The third-order valence-electron chi connectivity index (χ3n) is 2.79. The van der Waals surface area contributed by atoms with E-state index in [9.17, 15) is 4.79 Å². The molecule has 0 N–H and O–H groups in total. The molecule has 0 aliphatic rings. The van der Waals surface area contributed by atoms with Crippen molar-refractivity contribution in [3.8, 4) is 0 Å². The molecular formula is C13H20N6OS2. The fourth-order valence-electron chi connectivity index (χ4n) is 1.68. The van der Waals surface area contributed by atoms with Gasteiger partial charge in [0.1, 0.15) is 5.01 Å². The highest BCUT2D eigenvalue weighted by atomic mass is 32.2. The molecule has 0 unspecified atom stereocenters. The zero-order valence-corrected chi connectivity index (χ0v) is 14.8. The van der Waals surface area contributed by atoms with Gasteiger partial charge in [-0.1, -0.05) is 25.6 Å². The third kappa shape index (κ3) is 4.77. The van der Waals surface area contributed by atoms with Gasteiger partial charge in [-0.3, -0.25) is 4.79 Å². The highest BCUT2D eigenvalue weighted by Gasteiger charge is 2.12. The number of thioether (sulfide) groups is 1. The first-order valence-corrected chi connectivity index (χ1v) is 8.84. The summed E-state index contributed by atoms with van der Waals surface area (Å²) in [6, 6.07) is 0. The molecule has 22 heavy (non-hydrogen) atoms. The van der Waals surface area contributed by atoms with Crippen LogP contribution in [0.2, 0.25) is 0 Å². The summed E-state index contributed by atoms with van der Waals surface area (Å²) < 4.78 is 1.82. The summed E-state index contributed by atoms with van der Waals surface area (Å²) in [5.41, 5.74) is 0.954. The van der Waals surface area contributed by atoms with Crippen molar-refractivity contribution in [1.82, 2.24) is 30.1 Å². The quantitative estimate of drug-likeness (QED) is 0.714. The normalized spacial score (nSPS) is 11.1. The van der Waals surface area contributed by atoms with Gasteiger partial charge >= 0.3 is 0 Å². The summed E-state index contributed by atoms with van der Waals surface area (Å²) >= 11 is 3.08. The largest absolute Gasteiger partial charge is 0.348 e.